The molecule has 0 fully saturated rings. The standard InChI is InChI=1S/C14H19NO2S2/c1-14(2,19(15)17)8-11(9-16)13-7-10-5-3-4-6-12(10)18-13/h3-7,11,16H,8-9,15H2,1-2H3/t11-,19?/m1/s1. The van der Waals surface area contributed by atoms with E-state index in [1.165, 1.54) is 10.1 Å². The van der Waals surface area contributed by atoms with E-state index in [0.29, 0.717) is 6.42 Å². The van der Waals surface area contributed by atoms with E-state index < -0.39 is 15.7 Å². The predicted octanol–water partition coefficient (Wildman–Crippen LogP) is 2.77. The third-order valence-corrected chi connectivity index (χ3v) is 5.88. The third kappa shape index (κ3) is 3.23. The van der Waals surface area contributed by atoms with Crippen molar-refractivity contribution in [1.82, 2.24) is 0 Å². The molecule has 1 aromatic heterocycles. The number of benzene rings is 1. The van der Waals surface area contributed by atoms with E-state index in [9.17, 15) is 9.32 Å². The maximum absolute atomic E-state index is 11.5. The average Bonchev–Trinajstić information content (AvgIpc) is 2.79. The molecular formula is C14H19NO2S2. The molecule has 2 atom stereocenters. The molecule has 0 spiro atoms. The van der Waals surface area contributed by atoms with Crippen LogP contribution in [0.25, 0.3) is 10.1 Å². The van der Waals surface area contributed by atoms with Crippen LogP contribution in [-0.2, 0) is 11.0 Å². The highest BCUT2D eigenvalue weighted by atomic mass is 32.2. The molecule has 104 valence electrons. The first-order valence-electron chi connectivity index (χ1n) is 6.19. The van der Waals surface area contributed by atoms with Gasteiger partial charge in [0.2, 0.25) is 0 Å². The first-order valence-corrected chi connectivity index (χ1v) is 8.22. The zero-order valence-electron chi connectivity index (χ0n) is 11.1. The van der Waals surface area contributed by atoms with Crippen LogP contribution in [-0.4, -0.2) is 20.7 Å². The second-order valence-electron chi connectivity index (χ2n) is 5.33. The first kappa shape index (κ1) is 14.7. The number of hydrogen-bond acceptors (Lipinski definition) is 3. The van der Waals surface area contributed by atoms with Crippen molar-refractivity contribution in [2.45, 2.75) is 30.9 Å². The van der Waals surface area contributed by atoms with Gasteiger partial charge in [0, 0.05) is 15.5 Å². The fourth-order valence-corrected chi connectivity index (χ4v) is 3.66. The van der Waals surface area contributed by atoms with Gasteiger partial charge in [-0.15, -0.1) is 11.3 Å². The summed E-state index contributed by atoms with van der Waals surface area (Å²) < 4.78 is 12.2. The van der Waals surface area contributed by atoms with E-state index in [4.69, 9.17) is 5.14 Å². The summed E-state index contributed by atoms with van der Waals surface area (Å²) in [5.74, 6) is -0.0140. The lowest BCUT2D eigenvalue weighted by Gasteiger charge is -2.25. The van der Waals surface area contributed by atoms with Gasteiger partial charge in [-0.1, -0.05) is 18.2 Å². The van der Waals surface area contributed by atoms with Crippen LogP contribution in [0.15, 0.2) is 30.3 Å². The predicted molar refractivity (Wildman–Crippen MR) is 82.7 cm³/mol. The highest BCUT2D eigenvalue weighted by Gasteiger charge is 2.29. The highest BCUT2D eigenvalue weighted by molar-refractivity contribution is 7.84. The second kappa shape index (κ2) is 5.71. The van der Waals surface area contributed by atoms with Gasteiger partial charge in [0.1, 0.15) is 0 Å². The van der Waals surface area contributed by atoms with Crippen molar-refractivity contribution in [3.8, 4) is 0 Å². The Balaban J connectivity index is 2.29. The molecule has 1 unspecified atom stereocenters. The van der Waals surface area contributed by atoms with Gasteiger partial charge in [-0.2, -0.15) is 0 Å². The van der Waals surface area contributed by atoms with Crippen molar-refractivity contribution in [2.24, 2.45) is 5.14 Å². The van der Waals surface area contributed by atoms with Crippen LogP contribution < -0.4 is 5.14 Å². The minimum Gasteiger partial charge on any atom is -0.396 e. The number of aliphatic hydroxyl groups excluding tert-OH is 1. The molecule has 0 bridgehead atoms. The van der Waals surface area contributed by atoms with Gasteiger partial charge in [0.25, 0.3) is 0 Å². The third-order valence-electron chi connectivity index (χ3n) is 3.35. The van der Waals surface area contributed by atoms with Gasteiger partial charge in [0.15, 0.2) is 0 Å². The van der Waals surface area contributed by atoms with Crippen LogP contribution in [0.1, 0.15) is 31.1 Å². The van der Waals surface area contributed by atoms with Crippen LogP contribution in [0.3, 0.4) is 0 Å². The van der Waals surface area contributed by atoms with Crippen molar-refractivity contribution in [2.75, 3.05) is 6.61 Å². The van der Waals surface area contributed by atoms with Gasteiger partial charge in [-0.3, -0.25) is 5.14 Å². The SMILES string of the molecule is CC(C)(C[C@H](CO)c1cc2ccccc2s1)S(N)=O. The summed E-state index contributed by atoms with van der Waals surface area (Å²) in [7, 11) is -1.40. The Morgan fingerprint density at radius 2 is 2.11 bits per heavy atom. The number of nitrogens with two attached hydrogens (primary N) is 1. The van der Waals surface area contributed by atoms with Crippen LogP contribution in [0.4, 0.5) is 0 Å². The molecule has 2 aromatic rings. The molecule has 1 aromatic carbocycles. The average molecular weight is 297 g/mol. The largest absolute Gasteiger partial charge is 0.396 e. The van der Waals surface area contributed by atoms with Gasteiger partial charge in [-0.05, 0) is 37.8 Å². The first-order chi connectivity index (χ1) is 8.94. The Hall–Kier alpha value is -0.750. The summed E-state index contributed by atoms with van der Waals surface area (Å²) in [6.07, 6.45) is 0.611. The van der Waals surface area contributed by atoms with E-state index in [-0.39, 0.29) is 12.5 Å². The molecule has 0 aliphatic heterocycles. The minimum absolute atomic E-state index is 0.0140. The van der Waals surface area contributed by atoms with Crippen LogP contribution in [0, 0.1) is 0 Å². The van der Waals surface area contributed by atoms with Crippen molar-refractivity contribution in [3.05, 3.63) is 35.2 Å². The summed E-state index contributed by atoms with van der Waals surface area (Å²) in [5.41, 5.74) is 0. The van der Waals surface area contributed by atoms with E-state index in [2.05, 4.69) is 18.2 Å². The molecule has 0 amide bonds. The lowest BCUT2D eigenvalue weighted by molar-refractivity contribution is 0.254. The topological polar surface area (TPSA) is 63.3 Å². The highest BCUT2D eigenvalue weighted by Crippen LogP contribution is 2.35. The quantitative estimate of drug-likeness (QED) is 0.891. The Morgan fingerprint density at radius 1 is 1.42 bits per heavy atom. The monoisotopic (exact) mass is 297 g/mol. The number of fused-ring (bicyclic) bond motifs is 1. The molecule has 0 aliphatic carbocycles. The van der Waals surface area contributed by atoms with Crippen LogP contribution in [0.5, 0.6) is 0 Å². The molecule has 19 heavy (non-hydrogen) atoms. The molecular weight excluding hydrogens is 278 g/mol. The molecule has 0 radical (unpaired) electrons. The molecule has 0 aliphatic rings. The summed E-state index contributed by atoms with van der Waals surface area (Å²) in [5, 5.41) is 16.3. The van der Waals surface area contributed by atoms with Gasteiger partial charge < -0.3 is 5.11 Å². The number of rotatable bonds is 5. The lowest BCUT2D eigenvalue weighted by Crippen LogP contribution is -2.34. The van der Waals surface area contributed by atoms with E-state index in [1.54, 1.807) is 11.3 Å². The second-order valence-corrected chi connectivity index (χ2v) is 8.14. The summed E-state index contributed by atoms with van der Waals surface area (Å²) in [6.45, 7) is 3.80. The smallest absolute Gasteiger partial charge is 0.0945 e. The van der Waals surface area contributed by atoms with E-state index in [1.807, 2.05) is 26.0 Å². The van der Waals surface area contributed by atoms with Crippen molar-refractivity contribution < 1.29 is 9.32 Å². The zero-order valence-corrected chi connectivity index (χ0v) is 12.8. The molecule has 1 heterocycles. The summed E-state index contributed by atoms with van der Waals surface area (Å²) in [4.78, 5) is 1.13. The Bertz CT molecular complexity index is 559. The van der Waals surface area contributed by atoms with Crippen molar-refractivity contribution >= 4 is 32.4 Å². The minimum atomic E-state index is -1.40. The normalized spacial score (nSPS) is 15.6. The molecule has 3 N–H and O–H groups in total. The fourth-order valence-electron chi connectivity index (χ4n) is 2.13. The number of thiophene rings is 1. The molecule has 5 heteroatoms. The molecule has 2 rings (SSSR count). The molecule has 3 nitrogen and oxygen atoms in total. The number of aliphatic hydroxyl groups is 1. The fraction of sp³-hybridized carbons (Fsp3) is 0.429. The maximum atomic E-state index is 11.5. The van der Waals surface area contributed by atoms with Crippen LogP contribution >= 0.6 is 11.3 Å². The number of hydrogen-bond donors (Lipinski definition) is 2. The molecule has 0 saturated heterocycles. The van der Waals surface area contributed by atoms with Gasteiger partial charge in [0.05, 0.1) is 22.3 Å². The summed E-state index contributed by atoms with van der Waals surface area (Å²) >= 11 is 1.68. The van der Waals surface area contributed by atoms with Crippen molar-refractivity contribution in [1.29, 1.82) is 0 Å². The van der Waals surface area contributed by atoms with Crippen LogP contribution in [0.2, 0.25) is 0 Å². The maximum Gasteiger partial charge on any atom is 0.0945 e. The Labute approximate surface area is 120 Å². The Kier molecular flexibility index (Phi) is 4.40. The zero-order chi connectivity index (χ0) is 14.0. The van der Waals surface area contributed by atoms with Crippen molar-refractivity contribution in [3.63, 3.8) is 0 Å². The lowest BCUT2D eigenvalue weighted by atomic mass is 9.95. The van der Waals surface area contributed by atoms with Gasteiger partial charge >= 0.3 is 0 Å². The Morgan fingerprint density at radius 3 is 2.68 bits per heavy atom. The summed E-state index contributed by atoms with van der Waals surface area (Å²) in [6, 6.07) is 10.3. The van der Waals surface area contributed by atoms with Gasteiger partial charge in [-0.25, -0.2) is 4.21 Å². The van der Waals surface area contributed by atoms with E-state index >= 15 is 0 Å². The van der Waals surface area contributed by atoms with E-state index in [0.717, 1.165) is 4.88 Å². The molecule has 0 saturated carbocycles.